The summed E-state index contributed by atoms with van der Waals surface area (Å²) in [6.45, 7) is 1.51. The molecule has 0 saturated heterocycles. The summed E-state index contributed by atoms with van der Waals surface area (Å²) in [5.74, 6) is 0.654. The molecule has 0 atom stereocenters. The maximum absolute atomic E-state index is 12.2. The van der Waals surface area contributed by atoms with Gasteiger partial charge in [0.1, 0.15) is 12.4 Å². The van der Waals surface area contributed by atoms with E-state index in [1.807, 2.05) is 25.2 Å². The third-order valence-corrected chi connectivity index (χ3v) is 3.63. The summed E-state index contributed by atoms with van der Waals surface area (Å²) in [4.78, 5) is 14.3. The third kappa shape index (κ3) is 2.95. The Morgan fingerprint density at radius 2 is 2.14 bits per heavy atom. The van der Waals surface area contributed by atoms with Gasteiger partial charge in [0, 0.05) is 23.3 Å². The Bertz CT molecular complexity index is 688. The zero-order chi connectivity index (χ0) is 14.8. The van der Waals surface area contributed by atoms with Crippen molar-refractivity contribution in [3.8, 4) is 5.75 Å². The average molecular weight is 303 g/mol. The van der Waals surface area contributed by atoms with Crippen molar-refractivity contribution in [3.05, 3.63) is 53.1 Å². The predicted octanol–water partition coefficient (Wildman–Crippen LogP) is 3.42. The highest BCUT2D eigenvalue weighted by Crippen LogP contribution is 2.33. The lowest BCUT2D eigenvalue weighted by Gasteiger charge is -2.28. The number of anilines is 2. The molecule has 2 aromatic rings. The van der Waals surface area contributed by atoms with Gasteiger partial charge in [-0.05, 0) is 36.4 Å². The first-order valence-electron chi connectivity index (χ1n) is 6.68. The van der Waals surface area contributed by atoms with E-state index in [-0.39, 0.29) is 5.91 Å². The molecule has 21 heavy (non-hydrogen) atoms. The highest BCUT2D eigenvalue weighted by atomic mass is 35.5. The summed E-state index contributed by atoms with van der Waals surface area (Å²) in [6.07, 6.45) is 0. The van der Waals surface area contributed by atoms with E-state index < -0.39 is 0 Å². The lowest BCUT2D eigenvalue weighted by molar-refractivity contribution is 0.102. The zero-order valence-electron chi connectivity index (χ0n) is 11.6. The molecule has 1 heterocycles. The SMILES string of the molecule is CN1CCOc2ccc(NC(=O)c3cccc(Cl)c3)cc21. The second kappa shape index (κ2) is 5.66. The van der Waals surface area contributed by atoms with Gasteiger partial charge >= 0.3 is 0 Å². The van der Waals surface area contributed by atoms with E-state index in [4.69, 9.17) is 16.3 Å². The van der Waals surface area contributed by atoms with Gasteiger partial charge in [-0.2, -0.15) is 0 Å². The summed E-state index contributed by atoms with van der Waals surface area (Å²) >= 11 is 5.90. The minimum atomic E-state index is -0.183. The van der Waals surface area contributed by atoms with Gasteiger partial charge in [-0.1, -0.05) is 17.7 Å². The molecule has 3 rings (SSSR count). The number of ether oxygens (including phenoxy) is 1. The molecule has 0 saturated carbocycles. The topological polar surface area (TPSA) is 41.6 Å². The molecule has 5 heteroatoms. The number of halogens is 1. The number of amides is 1. The minimum Gasteiger partial charge on any atom is -0.490 e. The molecule has 0 spiro atoms. The number of nitrogens with one attached hydrogen (secondary N) is 1. The lowest BCUT2D eigenvalue weighted by Crippen LogP contribution is -2.28. The Labute approximate surface area is 128 Å². The molecule has 0 aromatic heterocycles. The van der Waals surface area contributed by atoms with E-state index in [1.54, 1.807) is 24.3 Å². The number of benzene rings is 2. The van der Waals surface area contributed by atoms with Crippen molar-refractivity contribution in [1.82, 2.24) is 0 Å². The molecule has 0 radical (unpaired) electrons. The van der Waals surface area contributed by atoms with Crippen LogP contribution in [0.25, 0.3) is 0 Å². The summed E-state index contributed by atoms with van der Waals surface area (Å²) < 4.78 is 5.58. The summed E-state index contributed by atoms with van der Waals surface area (Å²) in [5, 5.41) is 3.42. The molecule has 0 unspecified atom stereocenters. The van der Waals surface area contributed by atoms with Gasteiger partial charge in [0.2, 0.25) is 0 Å². The van der Waals surface area contributed by atoms with E-state index >= 15 is 0 Å². The van der Waals surface area contributed by atoms with Crippen LogP contribution in [0.5, 0.6) is 5.75 Å². The normalized spacial score (nSPS) is 13.3. The standard InChI is InChI=1S/C16H15ClN2O2/c1-19-7-8-21-15-6-5-13(10-14(15)19)18-16(20)11-3-2-4-12(17)9-11/h2-6,9-10H,7-8H2,1H3,(H,18,20). The summed E-state index contributed by atoms with van der Waals surface area (Å²) in [7, 11) is 2.00. The number of likely N-dealkylation sites (N-methyl/N-ethyl adjacent to an activating group) is 1. The molecule has 0 bridgehead atoms. The molecule has 2 aromatic carbocycles. The van der Waals surface area contributed by atoms with Crippen LogP contribution >= 0.6 is 11.6 Å². The van der Waals surface area contributed by atoms with Crippen molar-refractivity contribution in [1.29, 1.82) is 0 Å². The second-order valence-electron chi connectivity index (χ2n) is 4.92. The van der Waals surface area contributed by atoms with Crippen LogP contribution in [0.3, 0.4) is 0 Å². The van der Waals surface area contributed by atoms with Crippen LogP contribution in [0, 0.1) is 0 Å². The van der Waals surface area contributed by atoms with E-state index in [0.717, 1.165) is 23.7 Å². The van der Waals surface area contributed by atoms with Crippen molar-refractivity contribution in [2.24, 2.45) is 0 Å². The number of hydrogen-bond acceptors (Lipinski definition) is 3. The van der Waals surface area contributed by atoms with Crippen LogP contribution in [-0.2, 0) is 0 Å². The van der Waals surface area contributed by atoms with E-state index in [0.29, 0.717) is 17.2 Å². The first-order chi connectivity index (χ1) is 10.1. The largest absolute Gasteiger partial charge is 0.490 e. The third-order valence-electron chi connectivity index (χ3n) is 3.40. The highest BCUT2D eigenvalue weighted by molar-refractivity contribution is 6.31. The molecule has 1 aliphatic rings. The van der Waals surface area contributed by atoms with Gasteiger partial charge < -0.3 is 15.0 Å². The van der Waals surface area contributed by atoms with Crippen molar-refractivity contribution >= 4 is 28.9 Å². The predicted molar refractivity (Wildman–Crippen MR) is 84.6 cm³/mol. The monoisotopic (exact) mass is 302 g/mol. The van der Waals surface area contributed by atoms with Gasteiger partial charge in [-0.25, -0.2) is 0 Å². The van der Waals surface area contributed by atoms with Crippen LogP contribution in [0.1, 0.15) is 10.4 Å². The molecular weight excluding hydrogens is 288 g/mol. The Balaban J connectivity index is 1.82. The number of rotatable bonds is 2. The number of hydrogen-bond donors (Lipinski definition) is 1. The van der Waals surface area contributed by atoms with Crippen LogP contribution in [0.4, 0.5) is 11.4 Å². The molecule has 108 valence electrons. The van der Waals surface area contributed by atoms with E-state index in [1.165, 1.54) is 0 Å². The number of carbonyl (C=O) groups is 1. The average Bonchev–Trinajstić information content (AvgIpc) is 2.48. The van der Waals surface area contributed by atoms with Crippen LogP contribution < -0.4 is 15.0 Å². The van der Waals surface area contributed by atoms with E-state index in [2.05, 4.69) is 10.2 Å². The highest BCUT2D eigenvalue weighted by Gasteiger charge is 2.16. The zero-order valence-corrected chi connectivity index (χ0v) is 12.4. The number of fused-ring (bicyclic) bond motifs is 1. The molecule has 0 aliphatic carbocycles. The van der Waals surface area contributed by atoms with Crippen LogP contribution in [-0.4, -0.2) is 26.1 Å². The summed E-state index contributed by atoms with van der Waals surface area (Å²) in [6, 6.07) is 12.5. The van der Waals surface area contributed by atoms with Crippen molar-refractivity contribution < 1.29 is 9.53 Å². The molecule has 1 N–H and O–H groups in total. The molecule has 1 aliphatic heterocycles. The van der Waals surface area contributed by atoms with Crippen molar-refractivity contribution in [2.45, 2.75) is 0 Å². The van der Waals surface area contributed by atoms with Gasteiger partial charge in [-0.15, -0.1) is 0 Å². The number of carbonyl (C=O) groups excluding carboxylic acids is 1. The smallest absolute Gasteiger partial charge is 0.255 e. The molecule has 4 nitrogen and oxygen atoms in total. The first-order valence-corrected chi connectivity index (χ1v) is 7.06. The van der Waals surface area contributed by atoms with Gasteiger partial charge in [0.05, 0.1) is 12.2 Å². The van der Waals surface area contributed by atoms with Crippen molar-refractivity contribution in [3.63, 3.8) is 0 Å². The minimum absolute atomic E-state index is 0.183. The lowest BCUT2D eigenvalue weighted by atomic mass is 10.2. The Hall–Kier alpha value is -2.20. The van der Waals surface area contributed by atoms with Gasteiger partial charge in [0.15, 0.2) is 0 Å². The van der Waals surface area contributed by atoms with Crippen LogP contribution in [0.2, 0.25) is 5.02 Å². The second-order valence-corrected chi connectivity index (χ2v) is 5.35. The van der Waals surface area contributed by atoms with Crippen LogP contribution in [0.15, 0.2) is 42.5 Å². The fourth-order valence-electron chi connectivity index (χ4n) is 2.26. The first kappa shape index (κ1) is 13.8. The molecule has 0 fully saturated rings. The Morgan fingerprint density at radius 3 is 2.95 bits per heavy atom. The molecule has 1 amide bonds. The fourth-order valence-corrected chi connectivity index (χ4v) is 2.45. The van der Waals surface area contributed by atoms with Crippen molar-refractivity contribution in [2.75, 3.05) is 30.4 Å². The Morgan fingerprint density at radius 1 is 1.29 bits per heavy atom. The van der Waals surface area contributed by atoms with E-state index in [9.17, 15) is 4.79 Å². The Kier molecular flexibility index (Phi) is 3.71. The maximum atomic E-state index is 12.2. The molecular formula is C16H15ClN2O2. The fraction of sp³-hybridized carbons (Fsp3) is 0.188. The van der Waals surface area contributed by atoms with Gasteiger partial charge in [0.25, 0.3) is 5.91 Å². The number of nitrogens with zero attached hydrogens (tertiary/aromatic N) is 1. The quantitative estimate of drug-likeness (QED) is 0.924. The van der Waals surface area contributed by atoms with Gasteiger partial charge in [-0.3, -0.25) is 4.79 Å². The maximum Gasteiger partial charge on any atom is 0.255 e. The summed E-state index contributed by atoms with van der Waals surface area (Å²) in [5.41, 5.74) is 2.24.